The average molecular weight is 270 g/mol. The van der Waals surface area contributed by atoms with Gasteiger partial charge in [0.1, 0.15) is 0 Å². The second-order valence-corrected chi connectivity index (χ2v) is 5.56. The number of ether oxygens (including phenoxy) is 2. The number of methoxy groups -OCH3 is 1. The fourth-order valence-electron chi connectivity index (χ4n) is 3.26. The molecule has 1 saturated heterocycles. The molecule has 3 aliphatic rings. The second kappa shape index (κ2) is 4.82. The Kier molecular flexibility index (Phi) is 3.37. The van der Waals surface area contributed by atoms with Gasteiger partial charge in [-0.15, -0.1) is 0 Å². The zero-order chi connectivity index (χ0) is 11.8. The molecule has 0 N–H and O–H groups in total. The van der Waals surface area contributed by atoms with Crippen LogP contribution >= 0.6 is 0 Å². The number of fused-ring (bicyclic) bond motifs is 1. The van der Waals surface area contributed by atoms with Gasteiger partial charge in [0.15, 0.2) is 0 Å². The molecule has 2 aliphatic carbocycles. The molecule has 1 heterocycles. The Bertz CT molecular complexity index is 408. The molecule has 2 nitrogen and oxygen atoms in total. The Balaban J connectivity index is 1.95. The zero-order valence-electron chi connectivity index (χ0n) is 10.2. The molecular weight excluding hydrogens is 252 g/mol. The van der Waals surface area contributed by atoms with Crippen molar-refractivity contribution >= 4 is 4.57 Å². The SMILES string of the molecule is CO[C](=[Cr])C1=C(C2=CCCCC2)C2CCOC12. The van der Waals surface area contributed by atoms with Crippen LogP contribution in [0.15, 0.2) is 22.8 Å². The summed E-state index contributed by atoms with van der Waals surface area (Å²) in [4.78, 5) is 0. The van der Waals surface area contributed by atoms with Crippen LogP contribution in [0.3, 0.4) is 0 Å². The first kappa shape index (κ1) is 11.9. The zero-order valence-corrected chi connectivity index (χ0v) is 11.5. The third-order valence-electron chi connectivity index (χ3n) is 4.08. The molecule has 0 amide bonds. The van der Waals surface area contributed by atoms with Crippen molar-refractivity contribution in [3.05, 3.63) is 22.8 Å². The van der Waals surface area contributed by atoms with Gasteiger partial charge in [-0.05, 0) is 0 Å². The molecule has 1 aliphatic heterocycles. The summed E-state index contributed by atoms with van der Waals surface area (Å²) < 4.78 is 12.1. The van der Waals surface area contributed by atoms with Crippen LogP contribution in [0.4, 0.5) is 0 Å². The van der Waals surface area contributed by atoms with E-state index in [0.29, 0.717) is 12.0 Å². The Morgan fingerprint density at radius 2 is 2.35 bits per heavy atom. The van der Waals surface area contributed by atoms with Crippen LogP contribution in [0.25, 0.3) is 0 Å². The summed E-state index contributed by atoms with van der Waals surface area (Å²) in [5.74, 6) is 0.632. The van der Waals surface area contributed by atoms with Gasteiger partial charge in [0.25, 0.3) is 0 Å². The van der Waals surface area contributed by atoms with Gasteiger partial charge in [-0.1, -0.05) is 0 Å². The van der Waals surface area contributed by atoms with Crippen LogP contribution in [0.1, 0.15) is 32.1 Å². The van der Waals surface area contributed by atoms with Crippen molar-refractivity contribution in [2.24, 2.45) is 5.92 Å². The molecule has 0 aromatic rings. The molecule has 0 aromatic carbocycles. The predicted molar refractivity (Wildman–Crippen MR) is 63.4 cm³/mol. The predicted octanol–water partition coefficient (Wildman–Crippen LogP) is 2.53. The van der Waals surface area contributed by atoms with Crippen LogP contribution in [-0.4, -0.2) is 24.4 Å². The summed E-state index contributed by atoms with van der Waals surface area (Å²) in [6.07, 6.45) is 9.05. The second-order valence-electron chi connectivity index (χ2n) is 4.98. The minimum absolute atomic E-state index is 0.295. The molecule has 0 saturated carbocycles. The average Bonchev–Trinajstić information content (AvgIpc) is 2.74. The van der Waals surface area contributed by atoms with E-state index >= 15 is 0 Å². The molecule has 2 atom stereocenters. The van der Waals surface area contributed by atoms with Gasteiger partial charge >= 0.3 is 111 Å². The standard InChI is InChI=1S/C14H18O2.Cr/c1-15-9-12-13(10-5-3-2-4-6-10)11-7-8-16-14(11)12;/h5,11,14H,2-4,6-8H2,1H3;. The van der Waals surface area contributed by atoms with E-state index in [9.17, 15) is 0 Å². The fourth-order valence-corrected chi connectivity index (χ4v) is 3.61. The molecule has 17 heavy (non-hydrogen) atoms. The topological polar surface area (TPSA) is 18.5 Å². The summed E-state index contributed by atoms with van der Waals surface area (Å²) >= 11 is 3.04. The van der Waals surface area contributed by atoms with E-state index in [-0.39, 0.29) is 0 Å². The van der Waals surface area contributed by atoms with Gasteiger partial charge in [-0.3, -0.25) is 0 Å². The number of rotatable bonds is 3. The van der Waals surface area contributed by atoms with E-state index in [1.54, 1.807) is 12.7 Å². The van der Waals surface area contributed by atoms with Crippen LogP contribution in [0, 0.1) is 5.92 Å². The summed E-state index contributed by atoms with van der Waals surface area (Å²) in [6, 6.07) is 0. The van der Waals surface area contributed by atoms with Crippen LogP contribution in [0.2, 0.25) is 0 Å². The molecule has 0 aromatic heterocycles. The molecule has 1 fully saturated rings. The van der Waals surface area contributed by atoms with Crippen molar-refractivity contribution in [3.63, 3.8) is 0 Å². The van der Waals surface area contributed by atoms with Gasteiger partial charge < -0.3 is 0 Å². The van der Waals surface area contributed by atoms with Crippen molar-refractivity contribution in [3.8, 4) is 0 Å². The Labute approximate surface area is 111 Å². The van der Waals surface area contributed by atoms with Crippen LogP contribution < -0.4 is 0 Å². The molecule has 0 spiro atoms. The third-order valence-corrected chi connectivity index (χ3v) is 4.68. The molecule has 3 heteroatoms. The number of allylic oxidation sites excluding steroid dienone is 2. The minimum atomic E-state index is 0.295. The molecule has 2 unspecified atom stereocenters. The number of hydrogen-bond acceptors (Lipinski definition) is 2. The van der Waals surface area contributed by atoms with Gasteiger partial charge in [0.05, 0.1) is 0 Å². The number of hydrogen-bond donors (Lipinski definition) is 0. The molecule has 0 bridgehead atoms. The summed E-state index contributed by atoms with van der Waals surface area (Å²) in [5.41, 5.74) is 4.38. The van der Waals surface area contributed by atoms with Crippen molar-refractivity contribution in [1.82, 2.24) is 0 Å². The van der Waals surface area contributed by atoms with Crippen molar-refractivity contribution in [1.29, 1.82) is 0 Å². The van der Waals surface area contributed by atoms with Gasteiger partial charge in [0, 0.05) is 0 Å². The third kappa shape index (κ3) is 1.90. The van der Waals surface area contributed by atoms with Crippen LogP contribution in [0.5, 0.6) is 0 Å². The first-order valence-electron chi connectivity index (χ1n) is 6.46. The summed E-state index contributed by atoms with van der Waals surface area (Å²) in [5, 5.41) is 0. The summed E-state index contributed by atoms with van der Waals surface area (Å²) in [7, 11) is 1.73. The van der Waals surface area contributed by atoms with E-state index in [1.807, 2.05) is 0 Å². The quantitative estimate of drug-likeness (QED) is 0.784. The monoisotopic (exact) mass is 270 g/mol. The van der Waals surface area contributed by atoms with Crippen molar-refractivity contribution in [2.45, 2.75) is 38.2 Å². The first-order valence-corrected chi connectivity index (χ1v) is 7.10. The van der Waals surface area contributed by atoms with Gasteiger partial charge in [-0.2, -0.15) is 0 Å². The maximum absolute atomic E-state index is 5.80. The Morgan fingerprint density at radius 3 is 3.06 bits per heavy atom. The van der Waals surface area contributed by atoms with E-state index < -0.39 is 0 Å². The fraction of sp³-hybridized carbons (Fsp3) is 0.643. The van der Waals surface area contributed by atoms with Crippen molar-refractivity contribution in [2.75, 3.05) is 13.7 Å². The van der Waals surface area contributed by atoms with E-state index in [0.717, 1.165) is 11.2 Å². The molecular formula is C14H18CrO2. The maximum atomic E-state index is 5.80. The molecule has 3 rings (SSSR count). The Hall–Kier alpha value is -0.198. The normalized spacial score (nSPS) is 31.9. The van der Waals surface area contributed by atoms with E-state index in [1.165, 1.54) is 43.3 Å². The summed E-state index contributed by atoms with van der Waals surface area (Å²) in [6.45, 7) is 0.895. The molecule has 92 valence electrons. The van der Waals surface area contributed by atoms with Gasteiger partial charge in [0.2, 0.25) is 0 Å². The van der Waals surface area contributed by atoms with E-state index in [4.69, 9.17) is 9.47 Å². The van der Waals surface area contributed by atoms with Crippen LogP contribution in [-0.2, 0) is 25.3 Å². The van der Waals surface area contributed by atoms with Crippen molar-refractivity contribution < 1.29 is 25.3 Å². The van der Waals surface area contributed by atoms with E-state index in [2.05, 4.69) is 21.9 Å². The molecule has 0 radical (unpaired) electrons. The Morgan fingerprint density at radius 1 is 1.47 bits per heavy atom. The van der Waals surface area contributed by atoms with Gasteiger partial charge in [-0.25, -0.2) is 0 Å². The first-order chi connectivity index (χ1) is 8.33.